The van der Waals surface area contributed by atoms with Gasteiger partial charge in [0.25, 0.3) is 0 Å². The van der Waals surface area contributed by atoms with Gasteiger partial charge in [-0.3, -0.25) is 0 Å². The summed E-state index contributed by atoms with van der Waals surface area (Å²) in [4.78, 5) is 0. The van der Waals surface area contributed by atoms with Crippen LogP contribution in [0.25, 0.3) is 11.1 Å². The summed E-state index contributed by atoms with van der Waals surface area (Å²) < 4.78 is 28.0. The van der Waals surface area contributed by atoms with Crippen molar-refractivity contribution in [1.29, 1.82) is 0 Å². The predicted octanol–water partition coefficient (Wildman–Crippen LogP) is 4.35. The van der Waals surface area contributed by atoms with E-state index in [4.69, 9.17) is 4.74 Å². The number of sulfone groups is 1. The third-order valence-electron chi connectivity index (χ3n) is 4.06. The fourth-order valence-corrected chi connectivity index (χ4v) is 3.56. The van der Waals surface area contributed by atoms with E-state index in [-0.39, 0.29) is 5.75 Å². The molecule has 2 aromatic carbocycles. The summed E-state index contributed by atoms with van der Waals surface area (Å²) in [7, 11) is -2.92. The molecule has 0 aromatic heterocycles. The zero-order chi connectivity index (χ0) is 17.7. The van der Waals surface area contributed by atoms with Gasteiger partial charge in [-0.2, -0.15) is 0 Å². The smallest absolute Gasteiger partial charge is 0.147 e. The Morgan fingerprint density at radius 1 is 1.04 bits per heavy atom. The van der Waals surface area contributed by atoms with E-state index in [1.807, 2.05) is 12.1 Å². The quantitative estimate of drug-likeness (QED) is 0.700. The second-order valence-corrected chi connectivity index (χ2v) is 8.58. The van der Waals surface area contributed by atoms with Crippen LogP contribution < -0.4 is 4.74 Å². The van der Waals surface area contributed by atoms with Crippen molar-refractivity contribution in [3.05, 3.63) is 53.1 Å². The number of hydrogen-bond donors (Lipinski definition) is 0. The normalized spacial score (nSPS) is 11.5. The average molecular weight is 346 g/mol. The second kappa shape index (κ2) is 7.84. The van der Waals surface area contributed by atoms with E-state index in [0.717, 1.165) is 12.2 Å². The van der Waals surface area contributed by atoms with Crippen molar-refractivity contribution in [3.63, 3.8) is 0 Å². The van der Waals surface area contributed by atoms with Gasteiger partial charge in [-0.1, -0.05) is 31.2 Å². The van der Waals surface area contributed by atoms with Gasteiger partial charge in [-0.05, 0) is 66.6 Å². The minimum atomic E-state index is -2.92. The van der Waals surface area contributed by atoms with Gasteiger partial charge in [0, 0.05) is 6.26 Å². The van der Waals surface area contributed by atoms with Crippen LogP contribution in [0.1, 0.15) is 30.0 Å². The molecule has 0 N–H and O–H groups in total. The van der Waals surface area contributed by atoms with E-state index in [2.05, 4.69) is 45.0 Å². The van der Waals surface area contributed by atoms with Crippen LogP contribution in [0.2, 0.25) is 0 Å². The lowest BCUT2D eigenvalue weighted by atomic mass is 9.94. The molecule has 0 saturated carbocycles. The molecule has 0 radical (unpaired) electrons. The second-order valence-electron chi connectivity index (χ2n) is 6.32. The Balaban J connectivity index is 2.16. The van der Waals surface area contributed by atoms with Crippen LogP contribution in [0.5, 0.6) is 5.75 Å². The molecule has 0 saturated heterocycles. The molecule has 0 unspecified atom stereocenters. The Morgan fingerprint density at radius 2 is 1.71 bits per heavy atom. The minimum absolute atomic E-state index is 0.160. The standard InChI is InChI=1S/C20H26O3S/c1-5-17-8-6-9-18(14-17)20-15(2)12-19(13-16(20)3)23-10-7-11-24(4,21)22/h6,8-9,12-14H,5,7,10-11H2,1-4H3. The first-order valence-electron chi connectivity index (χ1n) is 8.31. The number of benzene rings is 2. The summed E-state index contributed by atoms with van der Waals surface area (Å²) in [5.74, 6) is 0.959. The van der Waals surface area contributed by atoms with E-state index in [1.54, 1.807) is 0 Å². The lowest BCUT2D eigenvalue weighted by Gasteiger charge is -2.14. The lowest BCUT2D eigenvalue weighted by Crippen LogP contribution is -2.08. The molecule has 3 nitrogen and oxygen atoms in total. The fourth-order valence-electron chi connectivity index (χ4n) is 2.92. The third kappa shape index (κ3) is 5.10. The zero-order valence-electron chi connectivity index (χ0n) is 14.9. The predicted molar refractivity (Wildman–Crippen MR) is 101 cm³/mol. The maximum atomic E-state index is 11.1. The van der Waals surface area contributed by atoms with Crippen LogP contribution >= 0.6 is 0 Å². The molecular weight excluding hydrogens is 320 g/mol. The van der Waals surface area contributed by atoms with Gasteiger partial charge in [0.2, 0.25) is 0 Å². The van der Waals surface area contributed by atoms with Crippen molar-refractivity contribution in [1.82, 2.24) is 0 Å². The zero-order valence-corrected chi connectivity index (χ0v) is 15.7. The fraction of sp³-hybridized carbons (Fsp3) is 0.400. The maximum Gasteiger partial charge on any atom is 0.147 e. The highest BCUT2D eigenvalue weighted by atomic mass is 32.2. The van der Waals surface area contributed by atoms with Crippen LogP contribution in [0.4, 0.5) is 0 Å². The van der Waals surface area contributed by atoms with Crippen molar-refractivity contribution >= 4 is 9.84 Å². The van der Waals surface area contributed by atoms with E-state index < -0.39 is 9.84 Å². The van der Waals surface area contributed by atoms with Crippen molar-refractivity contribution < 1.29 is 13.2 Å². The van der Waals surface area contributed by atoms with E-state index >= 15 is 0 Å². The number of hydrogen-bond acceptors (Lipinski definition) is 3. The summed E-state index contributed by atoms with van der Waals surface area (Å²) in [6, 6.07) is 12.7. The Morgan fingerprint density at radius 3 is 2.29 bits per heavy atom. The summed E-state index contributed by atoms with van der Waals surface area (Å²) >= 11 is 0. The average Bonchev–Trinajstić information content (AvgIpc) is 2.50. The molecule has 2 rings (SSSR count). The van der Waals surface area contributed by atoms with Crippen LogP contribution in [-0.2, 0) is 16.3 Å². The first kappa shape index (κ1) is 18.5. The van der Waals surface area contributed by atoms with Gasteiger partial charge >= 0.3 is 0 Å². The molecule has 0 aliphatic carbocycles. The van der Waals surface area contributed by atoms with Crippen LogP contribution in [-0.4, -0.2) is 27.0 Å². The Kier molecular flexibility index (Phi) is 6.05. The highest BCUT2D eigenvalue weighted by Gasteiger charge is 2.09. The summed E-state index contributed by atoms with van der Waals surface area (Å²) in [5.41, 5.74) is 6.14. The largest absolute Gasteiger partial charge is 0.494 e. The van der Waals surface area contributed by atoms with Crippen LogP contribution in [0.15, 0.2) is 36.4 Å². The van der Waals surface area contributed by atoms with Gasteiger partial charge in [0.1, 0.15) is 15.6 Å². The molecule has 0 atom stereocenters. The molecule has 24 heavy (non-hydrogen) atoms. The molecule has 0 aliphatic heterocycles. The van der Waals surface area contributed by atoms with Crippen molar-refractivity contribution in [2.75, 3.05) is 18.6 Å². The monoisotopic (exact) mass is 346 g/mol. The van der Waals surface area contributed by atoms with E-state index in [9.17, 15) is 8.42 Å². The number of rotatable bonds is 7. The molecule has 4 heteroatoms. The van der Waals surface area contributed by atoms with Crippen LogP contribution in [0.3, 0.4) is 0 Å². The Bertz CT molecular complexity index is 784. The van der Waals surface area contributed by atoms with Gasteiger partial charge in [0.05, 0.1) is 12.4 Å². The minimum Gasteiger partial charge on any atom is -0.494 e. The topological polar surface area (TPSA) is 43.4 Å². The first-order chi connectivity index (χ1) is 11.3. The molecule has 0 heterocycles. The SMILES string of the molecule is CCc1cccc(-c2c(C)cc(OCCCS(C)(=O)=O)cc2C)c1. The van der Waals surface area contributed by atoms with Gasteiger partial charge in [0.15, 0.2) is 0 Å². The summed E-state index contributed by atoms with van der Waals surface area (Å²) in [6.45, 7) is 6.75. The van der Waals surface area contributed by atoms with Crippen molar-refractivity contribution in [2.24, 2.45) is 0 Å². The highest BCUT2D eigenvalue weighted by molar-refractivity contribution is 7.90. The van der Waals surface area contributed by atoms with E-state index in [0.29, 0.717) is 13.0 Å². The van der Waals surface area contributed by atoms with Crippen molar-refractivity contribution in [3.8, 4) is 16.9 Å². The van der Waals surface area contributed by atoms with E-state index in [1.165, 1.54) is 34.1 Å². The van der Waals surface area contributed by atoms with Gasteiger partial charge < -0.3 is 4.74 Å². The molecule has 130 valence electrons. The highest BCUT2D eigenvalue weighted by Crippen LogP contribution is 2.31. The maximum absolute atomic E-state index is 11.1. The van der Waals surface area contributed by atoms with Gasteiger partial charge in [-0.15, -0.1) is 0 Å². The van der Waals surface area contributed by atoms with Crippen molar-refractivity contribution in [2.45, 2.75) is 33.6 Å². The molecule has 0 fully saturated rings. The summed E-state index contributed by atoms with van der Waals surface area (Å²) in [6.07, 6.45) is 2.78. The summed E-state index contributed by atoms with van der Waals surface area (Å²) in [5, 5.41) is 0. The Labute approximate surface area is 145 Å². The van der Waals surface area contributed by atoms with Gasteiger partial charge in [-0.25, -0.2) is 8.42 Å². The Hall–Kier alpha value is -1.81. The number of ether oxygens (including phenoxy) is 1. The molecule has 2 aromatic rings. The molecule has 0 aliphatic rings. The molecular formula is C20H26O3S. The molecule has 0 amide bonds. The lowest BCUT2D eigenvalue weighted by molar-refractivity contribution is 0.317. The molecule has 0 bridgehead atoms. The third-order valence-corrected chi connectivity index (χ3v) is 5.09. The first-order valence-corrected chi connectivity index (χ1v) is 10.4. The number of aryl methyl sites for hydroxylation is 3. The van der Waals surface area contributed by atoms with Crippen LogP contribution in [0, 0.1) is 13.8 Å². The molecule has 0 spiro atoms.